The second-order valence-electron chi connectivity index (χ2n) is 11.0. The summed E-state index contributed by atoms with van der Waals surface area (Å²) >= 11 is 0. The molecule has 2 aromatic heterocycles. The average molecular weight is 544 g/mol. The van der Waals surface area contributed by atoms with Crippen LogP contribution in [-0.2, 0) is 4.74 Å². The van der Waals surface area contributed by atoms with E-state index >= 15 is 0 Å². The van der Waals surface area contributed by atoms with Gasteiger partial charge in [0.2, 0.25) is 0 Å². The molecule has 210 valence electrons. The number of hydrogen-bond acceptors (Lipinski definition) is 6. The molecule has 4 rings (SSSR count). The Morgan fingerprint density at radius 1 is 1.05 bits per heavy atom. The predicted molar refractivity (Wildman–Crippen MR) is 155 cm³/mol. The van der Waals surface area contributed by atoms with E-state index in [1.807, 2.05) is 90.1 Å². The second-order valence-corrected chi connectivity index (χ2v) is 11.0. The van der Waals surface area contributed by atoms with Gasteiger partial charge in [-0.1, -0.05) is 18.2 Å². The van der Waals surface area contributed by atoms with Gasteiger partial charge in [-0.25, -0.2) is 4.79 Å². The Morgan fingerprint density at radius 2 is 1.80 bits per heavy atom. The molecule has 0 aliphatic heterocycles. The Balaban J connectivity index is 1.64. The van der Waals surface area contributed by atoms with E-state index in [4.69, 9.17) is 9.47 Å². The van der Waals surface area contributed by atoms with Crippen molar-refractivity contribution in [2.24, 2.45) is 0 Å². The smallest absolute Gasteiger partial charge is 0.410 e. The summed E-state index contributed by atoms with van der Waals surface area (Å²) in [7, 11) is 1.59. The van der Waals surface area contributed by atoms with Crippen LogP contribution in [0.3, 0.4) is 0 Å². The first-order valence-corrected chi connectivity index (χ1v) is 13.3. The molecule has 40 heavy (non-hydrogen) atoms. The van der Waals surface area contributed by atoms with Crippen molar-refractivity contribution in [1.82, 2.24) is 25.4 Å². The third-order valence-electron chi connectivity index (χ3n) is 6.50. The van der Waals surface area contributed by atoms with Crippen LogP contribution >= 0.6 is 0 Å². The summed E-state index contributed by atoms with van der Waals surface area (Å²) in [4.78, 5) is 32.6. The Hall–Kier alpha value is -4.40. The first kappa shape index (κ1) is 28.6. The van der Waals surface area contributed by atoms with Crippen LogP contribution in [0.15, 0.2) is 60.8 Å². The molecule has 0 aliphatic carbocycles. The van der Waals surface area contributed by atoms with Gasteiger partial charge in [0.05, 0.1) is 18.7 Å². The highest BCUT2D eigenvalue weighted by atomic mass is 16.6. The quantitative estimate of drug-likeness (QED) is 0.280. The van der Waals surface area contributed by atoms with Crippen molar-refractivity contribution in [3.63, 3.8) is 0 Å². The van der Waals surface area contributed by atoms with Crippen LogP contribution in [0, 0.1) is 6.92 Å². The number of carbonyl (C=O) groups is 2. The molecule has 2 aromatic carbocycles. The van der Waals surface area contributed by atoms with Crippen molar-refractivity contribution in [3.8, 4) is 16.9 Å². The number of aryl methyl sites for hydroxylation is 1. The molecule has 1 unspecified atom stereocenters. The van der Waals surface area contributed by atoms with Crippen LogP contribution in [0.4, 0.5) is 4.79 Å². The minimum Gasteiger partial charge on any atom is -0.497 e. The number of rotatable bonds is 8. The molecule has 1 atom stereocenters. The average Bonchev–Trinajstić information content (AvgIpc) is 3.29. The summed E-state index contributed by atoms with van der Waals surface area (Å²) in [5.41, 5.74) is 4.08. The molecule has 2 amide bonds. The van der Waals surface area contributed by atoms with Crippen LogP contribution in [0.5, 0.6) is 5.75 Å². The highest BCUT2D eigenvalue weighted by molar-refractivity contribution is 5.94. The van der Waals surface area contributed by atoms with E-state index in [1.165, 1.54) is 0 Å². The zero-order valence-corrected chi connectivity index (χ0v) is 24.1. The number of methoxy groups -OCH3 is 1. The molecule has 0 fully saturated rings. The van der Waals surface area contributed by atoms with E-state index in [1.54, 1.807) is 24.3 Å². The number of amides is 2. The van der Waals surface area contributed by atoms with E-state index < -0.39 is 17.7 Å². The number of hydrogen-bond donors (Lipinski definition) is 2. The standard InChI is InChI=1S/C31H37N5O4/c1-19(2)36(30(38)40-31(4,5)6)18-28(23-9-8-10-24(15-23)39-7)33-29(37)27-17-22(13-14-32-27)21-11-12-26-25(16-21)20(3)34-35-26/h8-17,19,28H,18H2,1-7H3,(H,33,37)(H,34,35). The third-order valence-corrected chi connectivity index (χ3v) is 6.50. The zero-order chi connectivity index (χ0) is 29.0. The van der Waals surface area contributed by atoms with E-state index in [-0.39, 0.29) is 24.2 Å². The Bertz CT molecular complexity index is 1510. The van der Waals surface area contributed by atoms with Gasteiger partial charge in [-0.05, 0) is 94.6 Å². The Labute approximate surface area is 234 Å². The molecular formula is C31H37N5O4. The highest BCUT2D eigenvalue weighted by Crippen LogP contribution is 2.26. The summed E-state index contributed by atoms with van der Waals surface area (Å²) in [6.07, 6.45) is 1.17. The van der Waals surface area contributed by atoms with Crippen molar-refractivity contribution in [3.05, 3.63) is 77.7 Å². The fraction of sp³-hybridized carbons (Fsp3) is 0.355. The van der Waals surface area contributed by atoms with Crippen LogP contribution in [-0.4, -0.2) is 57.4 Å². The largest absolute Gasteiger partial charge is 0.497 e. The summed E-state index contributed by atoms with van der Waals surface area (Å²) < 4.78 is 11.1. The fourth-order valence-corrected chi connectivity index (χ4v) is 4.39. The first-order chi connectivity index (χ1) is 18.9. The van der Waals surface area contributed by atoms with Crippen LogP contribution in [0.2, 0.25) is 0 Å². The fourth-order valence-electron chi connectivity index (χ4n) is 4.39. The van der Waals surface area contributed by atoms with Gasteiger partial charge in [0, 0.05) is 29.9 Å². The van der Waals surface area contributed by atoms with Crippen molar-refractivity contribution < 1.29 is 19.1 Å². The second kappa shape index (κ2) is 11.8. The SMILES string of the molecule is COc1cccc(C(CN(C(=O)OC(C)(C)C)C(C)C)NC(=O)c2cc(-c3ccc4n[nH]c(C)c4c3)ccn2)c1. The molecule has 4 aromatic rings. The van der Waals surface area contributed by atoms with Gasteiger partial charge in [-0.15, -0.1) is 0 Å². The Kier molecular flexibility index (Phi) is 8.42. The van der Waals surface area contributed by atoms with Crippen LogP contribution < -0.4 is 10.1 Å². The Morgan fingerprint density at radius 3 is 2.50 bits per heavy atom. The maximum absolute atomic E-state index is 13.6. The summed E-state index contributed by atoms with van der Waals surface area (Å²) in [6.45, 7) is 11.5. The molecule has 0 bridgehead atoms. The van der Waals surface area contributed by atoms with E-state index in [0.29, 0.717) is 5.75 Å². The van der Waals surface area contributed by atoms with Crippen molar-refractivity contribution in [2.75, 3.05) is 13.7 Å². The van der Waals surface area contributed by atoms with Gasteiger partial charge in [0.25, 0.3) is 5.91 Å². The number of H-pyrrole nitrogens is 1. The minimum atomic E-state index is -0.651. The molecule has 2 N–H and O–H groups in total. The molecule has 9 heteroatoms. The molecular weight excluding hydrogens is 506 g/mol. The number of fused-ring (bicyclic) bond motifs is 1. The van der Waals surface area contributed by atoms with Crippen molar-refractivity contribution >= 4 is 22.9 Å². The van der Waals surface area contributed by atoms with E-state index in [0.717, 1.165) is 33.3 Å². The predicted octanol–water partition coefficient (Wildman–Crippen LogP) is 6.06. The zero-order valence-electron chi connectivity index (χ0n) is 24.1. The molecule has 9 nitrogen and oxygen atoms in total. The van der Waals surface area contributed by atoms with E-state index in [2.05, 4.69) is 20.5 Å². The van der Waals surface area contributed by atoms with Gasteiger partial charge in [-0.3, -0.25) is 14.9 Å². The number of carbonyl (C=O) groups excluding carboxylic acids is 2. The molecule has 0 spiro atoms. The third kappa shape index (κ3) is 6.77. The normalized spacial score (nSPS) is 12.3. The van der Waals surface area contributed by atoms with Gasteiger partial charge in [0.1, 0.15) is 17.0 Å². The summed E-state index contributed by atoms with van der Waals surface area (Å²) in [6, 6.07) is 16.3. The van der Waals surface area contributed by atoms with Crippen molar-refractivity contribution in [1.29, 1.82) is 0 Å². The molecule has 0 saturated carbocycles. The van der Waals surface area contributed by atoms with Gasteiger partial charge in [0.15, 0.2) is 0 Å². The monoisotopic (exact) mass is 543 g/mol. The van der Waals surface area contributed by atoms with Crippen molar-refractivity contribution in [2.45, 2.75) is 59.2 Å². The van der Waals surface area contributed by atoms with Crippen LogP contribution in [0.25, 0.3) is 22.0 Å². The number of ether oxygens (including phenoxy) is 2. The maximum Gasteiger partial charge on any atom is 0.410 e. The topological polar surface area (TPSA) is 109 Å². The number of nitrogens with one attached hydrogen (secondary N) is 2. The lowest BCUT2D eigenvalue weighted by atomic mass is 10.0. The highest BCUT2D eigenvalue weighted by Gasteiger charge is 2.28. The summed E-state index contributed by atoms with van der Waals surface area (Å²) in [5, 5.41) is 11.4. The lowest BCUT2D eigenvalue weighted by Crippen LogP contribution is -2.46. The summed E-state index contributed by atoms with van der Waals surface area (Å²) in [5.74, 6) is 0.290. The lowest BCUT2D eigenvalue weighted by molar-refractivity contribution is 0.0168. The number of aromatic nitrogens is 3. The molecule has 0 saturated heterocycles. The maximum atomic E-state index is 13.6. The minimum absolute atomic E-state index is 0.164. The van der Waals surface area contributed by atoms with Crippen LogP contribution in [0.1, 0.15) is 62.4 Å². The van der Waals surface area contributed by atoms with Gasteiger partial charge in [-0.2, -0.15) is 5.10 Å². The lowest BCUT2D eigenvalue weighted by Gasteiger charge is -2.33. The van der Waals surface area contributed by atoms with E-state index in [9.17, 15) is 9.59 Å². The molecule has 0 aliphatic rings. The number of pyridine rings is 1. The number of aromatic amines is 1. The number of nitrogens with zero attached hydrogens (tertiary/aromatic N) is 3. The van der Waals surface area contributed by atoms with Gasteiger partial charge >= 0.3 is 6.09 Å². The first-order valence-electron chi connectivity index (χ1n) is 13.3. The van der Waals surface area contributed by atoms with Gasteiger partial charge < -0.3 is 19.7 Å². The molecule has 0 radical (unpaired) electrons. The molecule has 2 heterocycles. The number of benzene rings is 2.